The first-order valence-electron chi connectivity index (χ1n) is 19.2. The summed E-state index contributed by atoms with van der Waals surface area (Å²) in [6.07, 6.45) is -7.04. The summed E-state index contributed by atoms with van der Waals surface area (Å²) >= 11 is 9.74. The minimum atomic E-state index is -4.48. The Labute approximate surface area is 375 Å². The molecular formula is C32H41N15O14P2S2. The Balaban J connectivity index is 0.934. The standard InChI is InChI=1S/C32H41N15O14P2S2/c1-53-20-12(3-48)57-31(46-10-43-16-25(34)37-7-40-28(16)46)22(20)60-63(52,65)56-5-14-21(54-2)23(32(59-14)47-11-44-17-26(35)38-8-41-29(17)47)61-62(51,64)55-4-13-18(49)19(50)30(58-13)45-9-42-15-24(33)36-6-39-27(15)45/h6-14,18-23,30-32,48-50H,3-5H2,1-2H3,(H,51,64)(H,52,65)(H2,33,36,39)(H2,34,37,40)(H2,35,38,41)/t12-,13-,14-,18-,19-,20-,21-,22-,23-,30-,31-,32-,62?,63?/m1/s1. The number of nitrogens with two attached hydrogens (primary N) is 3. The van der Waals surface area contributed by atoms with Crippen LogP contribution in [0, 0.1) is 0 Å². The molecule has 3 aliphatic rings. The number of thiol groups is 1. The molecule has 3 fully saturated rings. The van der Waals surface area contributed by atoms with Crippen LogP contribution in [0.25, 0.3) is 33.5 Å². The lowest BCUT2D eigenvalue weighted by atomic mass is 10.1. The molecule has 33 heteroatoms. The summed E-state index contributed by atoms with van der Waals surface area (Å²) in [4.78, 5) is 48.9. The predicted molar refractivity (Wildman–Crippen MR) is 226 cm³/mol. The van der Waals surface area contributed by atoms with Crippen LogP contribution in [0.2, 0.25) is 0 Å². The van der Waals surface area contributed by atoms with E-state index in [-0.39, 0.29) is 50.9 Å². The van der Waals surface area contributed by atoms with E-state index in [0.717, 1.165) is 0 Å². The highest BCUT2D eigenvalue weighted by Crippen LogP contribution is 2.58. The minimum Gasteiger partial charge on any atom is -0.394 e. The third-order valence-corrected chi connectivity index (χ3v) is 14.1. The number of ether oxygens (including phenoxy) is 5. The van der Waals surface area contributed by atoms with E-state index in [4.69, 9.17) is 70.8 Å². The van der Waals surface area contributed by atoms with Crippen molar-refractivity contribution >= 4 is 88.5 Å². The van der Waals surface area contributed by atoms with Crippen molar-refractivity contribution in [2.75, 3.05) is 51.2 Å². The molecule has 0 aromatic carbocycles. The number of hydrogen-bond donors (Lipinski definition) is 8. The zero-order valence-corrected chi connectivity index (χ0v) is 37.2. The summed E-state index contributed by atoms with van der Waals surface area (Å²) in [6, 6.07) is 0. The van der Waals surface area contributed by atoms with Crippen molar-refractivity contribution in [1.82, 2.24) is 58.6 Å². The molecule has 10 N–H and O–H groups in total. The van der Waals surface area contributed by atoms with Crippen molar-refractivity contribution < 1.29 is 66.6 Å². The molecule has 0 amide bonds. The lowest BCUT2D eigenvalue weighted by molar-refractivity contribution is -0.0593. The van der Waals surface area contributed by atoms with E-state index in [1.807, 2.05) is 0 Å². The fraction of sp³-hybridized carbons (Fsp3) is 0.531. The zero-order valence-electron chi connectivity index (χ0n) is 33.7. The fourth-order valence-corrected chi connectivity index (χ4v) is 10.8. The Bertz CT molecular complexity index is 2790. The summed E-state index contributed by atoms with van der Waals surface area (Å²) < 4.78 is 71.9. The number of aliphatic hydroxyl groups is 3. The molecule has 0 saturated carbocycles. The van der Waals surface area contributed by atoms with Gasteiger partial charge < -0.3 is 65.6 Å². The monoisotopic (exact) mass is 985 g/mol. The van der Waals surface area contributed by atoms with E-state index >= 15 is 0 Å². The van der Waals surface area contributed by atoms with Crippen LogP contribution in [-0.4, -0.2) is 168 Å². The molecule has 2 unspecified atom stereocenters. The number of rotatable bonds is 16. The summed E-state index contributed by atoms with van der Waals surface area (Å²) in [5.74, 6) is 0.245. The van der Waals surface area contributed by atoms with Gasteiger partial charge in [-0.15, -0.1) is 0 Å². The van der Waals surface area contributed by atoms with Crippen LogP contribution < -0.4 is 17.2 Å². The molecule has 9 heterocycles. The van der Waals surface area contributed by atoms with Crippen LogP contribution in [0.15, 0.2) is 38.0 Å². The van der Waals surface area contributed by atoms with Crippen molar-refractivity contribution in [3.63, 3.8) is 0 Å². The Morgan fingerprint density at radius 3 is 1.57 bits per heavy atom. The smallest absolute Gasteiger partial charge is 0.386 e. The first-order chi connectivity index (χ1) is 31.1. The summed E-state index contributed by atoms with van der Waals surface area (Å²) in [5, 5.41) is 32.1. The molecule has 65 heavy (non-hydrogen) atoms. The molecule has 14 atom stereocenters. The number of nitrogens with zero attached hydrogens (tertiary/aromatic N) is 12. The largest absolute Gasteiger partial charge is 0.394 e. The second-order valence-electron chi connectivity index (χ2n) is 14.7. The van der Waals surface area contributed by atoms with Gasteiger partial charge in [0.05, 0.1) is 38.8 Å². The minimum absolute atomic E-state index is 0.0514. The second-order valence-corrected chi connectivity index (χ2v) is 20.3. The van der Waals surface area contributed by atoms with Crippen LogP contribution in [-0.2, 0) is 58.2 Å². The molecule has 3 aliphatic heterocycles. The van der Waals surface area contributed by atoms with Gasteiger partial charge in [0.25, 0.3) is 0 Å². The van der Waals surface area contributed by atoms with Gasteiger partial charge in [0.1, 0.15) is 90.5 Å². The second kappa shape index (κ2) is 18.1. The molecule has 0 aliphatic carbocycles. The van der Waals surface area contributed by atoms with E-state index in [9.17, 15) is 24.8 Å². The van der Waals surface area contributed by atoms with E-state index < -0.39 is 107 Å². The van der Waals surface area contributed by atoms with Gasteiger partial charge in [0, 0.05) is 14.2 Å². The SMILES string of the molecule is CO[C@H]1[C@@H](OP(=O)(S)OC[C@H]2O[C@@H](n3cnc4c(N)ncnc43)[C@H](O)[C@@H]2O)[C@H](n2cnc3c(N)ncnc32)O[C@@H]1COP(O)(=S)O[C@@H]1[C@H](OC)[C@@H](CO)O[C@H]1n1cnc2c(N)ncnc21. The molecule has 350 valence electrons. The van der Waals surface area contributed by atoms with Crippen molar-refractivity contribution in [2.24, 2.45) is 0 Å². The van der Waals surface area contributed by atoms with Gasteiger partial charge in [0.2, 0.25) is 0 Å². The van der Waals surface area contributed by atoms with Crippen LogP contribution >= 0.6 is 25.8 Å². The highest BCUT2D eigenvalue weighted by atomic mass is 32.7. The summed E-state index contributed by atoms with van der Waals surface area (Å²) in [5.41, 5.74) is 19.4. The van der Waals surface area contributed by atoms with E-state index in [0.29, 0.717) is 0 Å². The Kier molecular flexibility index (Phi) is 12.8. The van der Waals surface area contributed by atoms with Gasteiger partial charge in [-0.25, -0.2) is 49.4 Å². The van der Waals surface area contributed by atoms with Gasteiger partial charge in [0.15, 0.2) is 53.1 Å². The number of fused-ring (bicyclic) bond motifs is 3. The van der Waals surface area contributed by atoms with E-state index in [1.165, 1.54) is 65.9 Å². The van der Waals surface area contributed by atoms with Crippen molar-refractivity contribution in [1.29, 1.82) is 0 Å². The predicted octanol–water partition coefficient (Wildman–Crippen LogP) is -1.25. The normalized spacial score (nSPS) is 31.3. The van der Waals surface area contributed by atoms with Crippen LogP contribution in [0.5, 0.6) is 0 Å². The number of anilines is 3. The van der Waals surface area contributed by atoms with Crippen molar-refractivity contribution in [3.8, 4) is 0 Å². The van der Waals surface area contributed by atoms with Crippen LogP contribution in [0.3, 0.4) is 0 Å². The lowest BCUT2D eigenvalue weighted by Gasteiger charge is -2.28. The number of imidazole rings is 3. The van der Waals surface area contributed by atoms with Gasteiger partial charge in [-0.2, -0.15) is 0 Å². The molecular weight excluding hydrogens is 945 g/mol. The topological polar surface area (TPSA) is 390 Å². The highest BCUT2D eigenvalue weighted by molar-refractivity contribution is 8.44. The number of methoxy groups -OCH3 is 2. The van der Waals surface area contributed by atoms with Gasteiger partial charge in [-0.05, 0) is 11.8 Å². The van der Waals surface area contributed by atoms with Gasteiger partial charge in [-0.3, -0.25) is 27.3 Å². The van der Waals surface area contributed by atoms with Crippen molar-refractivity contribution in [2.45, 2.75) is 73.6 Å². The maximum Gasteiger partial charge on any atom is 0.386 e. The maximum absolute atomic E-state index is 14.1. The van der Waals surface area contributed by atoms with E-state index in [1.54, 1.807) is 0 Å². The number of hydrogen-bond acceptors (Lipinski definition) is 26. The number of aromatic nitrogens is 12. The molecule has 6 aromatic heterocycles. The van der Waals surface area contributed by atoms with Crippen molar-refractivity contribution in [3.05, 3.63) is 38.0 Å². The highest BCUT2D eigenvalue weighted by Gasteiger charge is 2.53. The molecule has 0 spiro atoms. The zero-order chi connectivity index (χ0) is 45.9. The third-order valence-electron chi connectivity index (χ3n) is 10.9. The van der Waals surface area contributed by atoms with Crippen LogP contribution in [0.1, 0.15) is 18.7 Å². The average molecular weight is 986 g/mol. The first-order valence-corrected chi connectivity index (χ1v) is 24.5. The maximum atomic E-state index is 14.1. The summed E-state index contributed by atoms with van der Waals surface area (Å²) in [6.45, 7) is -10.4. The molecule has 0 radical (unpaired) electrons. The van der Waals surface area contributed by atoms with Crippen LogP contribution in [0.4, 0.5) is 17.5 Å². The molecule has 29 nitrogen and oxygen atoms in total. The molecule has 3 saturated heterocycles. The first kappa shape index (κ1) is 45.9. The number of aliphatic hydroxyl groups excluding tert-OH is 3. The Hall–Kier alpha value is -4.24. The Morgan fingerprint density at radius 1 is 0.646 bits per heavy atom. The molecule has 0 bridgehead atoms. The average Bonchev–Trinajstić information content (AvgIpc) is 4.14. The lowest BCUT2D eigenvalue weighted by Crippen LogP contribution is -2.38. The summed E-state index contributed by atoms with van der Waals surface area (Å²) in [7, 11) is 2.68. The van der Waals surface area contributed by atoms with E-state index in [2.05, 4.69) is 57.1 Å². The van der Waals surface area contributed by atoms with Gasteiger partial charge >= 0.3 is 13.5 Å². The molecule has 6 aromatic rings. The molecule has 9 rings (SSSR count). The fourth-order valence-electron chi connectivity index (χ4n) is 7.91. The Morgan fingerprint density at radius 2 is 1.08 bits per heavy atom. The number of nitrogen functional groups attached to an aromatic ring is 3. The third kappa shape index (κ3) is 8.54. The quantitative estimate of drug-likeness (QED) is 0.0415. The van der Waals surface area contributed by atoms with Gasteiger partial charge in [-0.1, -0.05) is 12.2 Å².